The predicted octanol–water partition coefficient (Wildman–Crippen LogP) is 2.33. The third-order valence-corrected chi connectivity index (χ3v) is 6.85. The van der Waals surface area contributed by atoms with Gasteiger partial charge < -0.3 is 15.1 Å². The number of hydrogen-bond donors (Lipinski definition) is 1. The molecule has 148 valence electrons. The average Bonchev–Trinajstić information content (AvgIpc) is 2.68. The molecule has 1 aromatic carbocycles. The molecule has 3 saturated heterocycles. The molecular formula is C22H34N4O. The van der Waals surface area contributed by atoms with Crippen LogP contribution in [0.15, 0.2) is 30.3 Å². The molecule has 0 aliphatic carbocycles. The van der Waals surface area contributed by atoms with Crippen LogP contribution >= 0.6 is 0 Å². The van der Waals surface area contributed by atoms with Gasteiger partial charge in [-0.3, -0.25) is 9.69 Å². The molecule has 1 N–H and O–H groups in total. The zero-order chi connectivity index (χ0) is 18.6. The molecule has 4 rings (SSSR count). The van der Waals surface area contributed by atoms with Crippen molar-refractivity contribution in [2.45, 2.75) is 56.7 Å². The van der Waals surface area contributed by atoms with E-state index >= 15 is 0 Å². The largest absolute Gasteiger partial charge is 0.369 e. The molecule has 1 amide bonds. The molecule has 3 aliphatic rings. The van der Waals surface area contributed by atoms with Crippen LogP contribution in [0.25, 0.3) is 0 Å². The summed E-state index contributed by atoms with van der Waals surface area (Å²) in [5, 5.41) is 3.34. The second-order valence-electron chi connectivity index (χ2n) is 8.55. The van der Waals surface area contributed by atoms with Gasteiger partial charge in [0.25, 0.3) is 0 Å². The summed E-state index contributed by atoms with van der Waals surface area (Å²) in [4.78, 5) is 19.9. The highest BCUT2D eigenvalue weighted by molar-refractivity contribution is 5.76. The molecular weight excluding hydrogens is 336 g/mol. The molecule has 0 saturated carbocycles. The zero-order valence-corrected chi connectivity index (χ0v) is 16.6. The van der Waals surface area contributed by atoms with Crippen LogP contribution in [0.2, 0.25) is 0 Å². The van der Waals surface area contributed by atoms with Gasteiger partial charge >= 0.3 is 0 Å². The molecule has 0 aromatic heterocycles. The molecule has 0 radical (unpaired) electrons. The van der Waals surface area contributed by atoms with Crippen LogP contribution in [0.5, 0.6) is 0 Å². The first-order valence-corrected chi connectivity index (χ1v) is 10.7. The van der Waals surface area contributed by atoms with Crippen LogP contribution in [0.4, 0.5) is 5.69 Å². The normalized spacial score (nSPS) is 29.5. The number of hydrogen-bond acceptors (Lipinski definition) is 4. The number of fused-ring (bicyclic) bond motifs is 2. The SMILES string of the molecule is CN1C2CCCC1CC(NC(=O)CCN1CCN(c3ccccc3)CC1)C2. The van der Waals surface area contributed by atoms with Gasteiger partial charge in [-0.15, -0.1) is 0 Å². The average molecular weight is 371 g/mol. The fraction of sp³-hybridized carbons (Fsp3) is 0.682. The maximum absolute atomic E-state index is 12.5. The van der Waals surface area contributed by atoms with E-state index < -0.39 is 0 Å². The summed E-state index contributed by atoms with van der Waals surface area (Å²) >= 11 is 0. The van der Waals surface area contributed by atoms with Crippen LogP contribution < -0.4 is 10.2 Å². The van der Waals surface area contributed by atoms with E-state index in [1.54, 1.807) is 0 Å². The van der Waals surface area contributed by atoms with Crippen LogP contribution in [0.3, 0.4) is 0 Å². The number of benzene rings is 1. The van der Waals surface area contributed by atoms with Gasteiger partial charge in [0, 0.05) is 63.0 Å². The highest BCUT2D eigenvalue weighted by Crippen LogP contribution is 2.32. The Bertz CT molecular complexity index is 600. The number of nitrogens with zero attached hydrogens (tertiary/aromatic N) is 3. The number of rotatable bonds is 5. The Kier molecular flexibility index (Phi) is 5.98. The number of piperazine rings is 1. The van der Waals surface area contributed by atoms with Crippen molar-refractivity contribution in [3.63, 3.8) is 0 Å². The molecule has 1 aromatic rings. The minimum atomic E-state index is 0.244. The van der Waals surface area contributed by atoms with Gasteiger partial charge in [0.1, 0.15) is 0 Å². The fourth-order valence-corrected chi connectivity index (χ4v) is 5.16. The second-order valence-corrected chi connectivity index (χ2v) is 8.55. The Balaban J connectivity index is 1.17. The number of nitrogens with one attached hydrogen (secondary N) is 1. The van der Waals surface area contributed by atoms with E-state index in [2.05, 4.69) is 57.4 Å². The van der Waals surface area contributed by atoms with Crippen molar-refractivity contribution in [3.8, 4) is 0 Å². The summed E-state index contributed by atoms with van der Waals surface area (Å²) in [5.74, 6) is 0.244. The lowest BCUT2D eigenvalue weighted by Crippen LogP contribution is -2.55. The van der Waals surface area contributed by atoms with Crippen LogP contribution in [-0.4, -0.2) is 73.6 Å². The fourth-order valence-electron chi connectivity index (χ4n) is 5.16. The van der Waals surface area contributed by atoms with Crippen LogP contribution in [0, 0.1) is 0 Å². The van der Waals surface area contributed by atoms with Crippen molar-refractivity contribution < 1.29 is 4.79 Å². The van der Waals surface area contributed by atoms with Crippen molar-refractivity contribution in [3.05, 3.63) is 30.3 Å². The van der Waals surface area contributed by atoms with Crippen LogP contribution in [-0.2, 0) is 4.79 Å². The van der Waals surface area contributed by atoms with Crippen molar-refractivity contribution in [2.75, 3.05) is 44.7 Å². The number of anilines is 1. The van der Waals surface area contributed by atoms with E-state index in [0.717, 1.165) is 45.6 Å². The summed E-state index contributed by atoms with van der Waals surface area (Å²) in [6, 6.07) is 12.4. The monoisotopic (exact) mass is 370 g/mol. The van der Waals surface area contributed by atoms with E-state index in [1.165, 1.54) is 24.9 Å². The van der Waals surface area contributed by atoms with Gasteiger partial charge in [0.15, 0.2) is 0 Å². The third kappa shape index (κ3) is 4.64. The highest BCUT2D eigenvalue weighted by Gasteiger charge is 2.36. The van der Waals surface area contributed by atoms with E-state index in [1.807, 2.05) is 0 Å². The van der Waals surface area contributed by atoms with Gasteiger partial charge in [-0.2, -0.15) is 0 Å². The van der Waals surface area contributed by atoms with E-state index in [9.17, 15) is 4.79 Å². The summed E-state index contributed by atoms with van der Waals surface area (Å²) in [5.41, 5.74) is 1.31. The summed E-state index contributed by atoms with van der Waals surface area (Å²) in [6.07, 6.45) is 6.85. The minimum absolute atomic E-state index is 0.244. The Hall–Kier alpha value is -1.59. The lowest BCUT2D eigenvalue weighted by Gasteiger charge is -2.47. The molecule has 3 heterocycles. The van der Waals surface area contributed by atoms with Gasteiger partial charge in [-0.1, -0.05) is 24.6 Å². The Morgan fingerprint density at radius 1 is 1.04 bits per heavy atom. The number of carbonyl (C=O) groups is 1. The maximum Gasteiger partial charge on any atom is 0.221 e. The van der Waals surface area contributed by atoms with Gasteiger partial charge in [-0.25, -0.2) is 0 Å². The lowest BCUT2D eigenvalue weighted by molar-refractivity contribution is -0.123. The molecule has 2 bridgehead atoms. The van der Waals surface area contributed by atoms with Crippen molar-refractivity contribution >= 4 is 11.6 Å². The van der Waals surface area contributed by atoms with Gasteiger partial charge in [-0.05, 0) is 44.9 Å². The van der Waals surface area contributed by atoms with Crippen molar-refractivity contribution in [1.82, 2.24) is 15.1 Å². The molecule has 2 atom stereocenters. The van der Waals surface area contributed by atoms with E-state index in [4.69, 9.17) is 0 Å². The summed E-state index contributed by atoms with van der Waals surface area (Å²) < 4.78 is 0. The Morgan fingerprint density at radius 3 is 2.37 bits per heavy atom. The van der Waals surface area contributed by atoms with Crippen molar-refractivity contribution in [2.24, 2.45) is 0 Å². The topological polar surface area (TPSA) is 38.8 Å². The Morgan fingerprint density at radius 2 is 1.70 bits per heavy atom. The van der Waals surface area contributed by atoms with Crippen LogP contribution in [0.1, 0.15) is 38.5 Å². The molecule has 3 fully saturated rings. The first kappa shape index (κ1) is 18.8. The summed E-state index contributed by atoms with van der Waals surface area (Å²) in [7, 11) is 2.27. The lowest BCUT2D eigenvalue weighted by atomic mass is 9.82. The molecule has 5 nitrogen and oxygen atoms in total. The number of piperidine rings is 2. The first-order valence-electron chi connectivity index (χ1n) is 10.7. The summed E-state index contributed by atoms with van der Waals surface area (Å²) in [6.45, 7) is 5.06. The van der Waals surface area contributed by atoms with Gasteiger partial charge in [0.05, 0.1) is 0 Å². The van der Waals surface area contributed by atoms with E-state index in [0.29, 0.717) is 24.5 Å². The molecule has 27 heavy (non-hydrogen) atoms. The second kappa shape index (κ2) is 8.61. The Labute approximate surface area is 163 Å². The van der Waals surface area contributed by atoms with E-state index in [-0.39, 0.29) is 5.91 Å². The number of amides is 1. The predicted molar refractivity (Wildman–Crippen MR) is 110 cm³/mol. The molecule has 3 aliphatic heterocycles. The smallest absolute Gasteiger partial charge is 0.221 e. The quantitative estimate of drug-likeness (QED) is 0.863. The third-order valence-electron chi connectivity index (χ3n) is 6.85. The number of carbonyl (C=O) groups excluding carboxylic acids is 1. The first-order chi connectivity index (χ1) is 13.2. The molecule has 2 unspecified atom stereocenters. The molecule has 0 spiro atoms. The molecule has 5 heteroatoms. The highest BCUT2D eigenvalue weighted by atomic mass is 16.1. The zero-order valence-electron chi connectivity index (χ0n) is 16.6. The van der Waals surface area contributed by atoms with Gasteiger partial charge in [0.2, 0.25) is 5.91 Å². The minimum Gasteiger partial charge on any atom is -0.369 e. The number of para-hydroxylation sites is 1. The van der Waals surface area contributed by atoms with Crippen molar-refractivity contribution in [1.29, 1.82) is 0 Å². The maximum atomic E-state index is 12.5. The standard InChI is InChI=1S/C22H34N4O/c1-24-20-8-5-9-21(24)17-18(16-20)23-22(27)10-11-25-12-14-26(15-13-25)19-6-3-2-4-7-19/h2-4,6-7,18,20-21H,5,8-17H2,1H3,(H,23,27).